The number of aryl methyl sites for hydroxylation is 1. The second-order valence-electron chi connectivity index (χ2n) is 7.10. The third-order valence-electron chi connectivity index (χ3n) is 4.94. The molecule has 3 N–H and O–H groups in total. The smallest absolute Gasteiger partial charge is 0.256 e. The second kappa shape index (κ2) is 8.53. The molecule has 4 aromatic rings. The van der Waals surface area contributed by atoms with Gasteiger partial charge in [0.15, 0.2) is 0 Å². The Labute approximate surface area is 178 Å². The van der Waals surface area contributed by atoms with Crippen LogP contribution in [0.2, 0.25) is 0 Å². The maximum atomic E-state index is 12.9. The van der Waals surface area contributed by atoms with Crippen LogP contribution >= 0.6 is 0 Å². The largest absolute Gasteiger partial charge is 0.461 e. The maximum Gasteiger partial charge on any atom is 0.256 e. The van der Waals surface area contributed by atoms with E-state index in [0.717, 1.165) is 27.6 Å². The number of anilines is 1. The SMILES string of the molecule is CC(F)Oc1ccc(C(=O)Nc2cc3cc(-c4cnn(C)c4CN)ccc3cn2)cc1. The quantitative estimate of drug-likeness (QED) is 0.492. The van der Waals surface area contributed by atoms with Gasteiger partial charge in [-0.1, -0.05) is 12.1 Å². The van der Waals surface area contributed by atoms with Crippen molar-refractivity contribution in [1.82, 2.24) is 14.8 Å². The lowest BCUT2D eigenvalue weighted by Gasteiger charge is -2.09. The molecule has 2 aromatic carbocycles. The molecule has 2 aromatic heterocycles. The van der Waals surface area contributed by atoms with Crippen molar-refractivity contribution in [3.63, 3.8) is 0 Å². The van der Waals surface area contributed by atoms with Gasteiger partial charge in [0.25, 0.3) is 5.91 Å². The summed E-state index contributed by atoms with van der Waals surface area (Å²) in [4.78, 5) is 16.9. The van der Waals surface area contributed by atoms with Crippen LogP contribution in [0.4, 0.5) is 10.2 Å². The average molecular weight is 419 g/mol. The van der Waals surface area contributed by atoms with Crippen molar-refractivity contribution in [3.8, 4) is 16.9 Å². The third-order valence-corrected chi connectivity index (χ3v) is 4.94. The van der Waals surface area contributed by atoms with E-state index in [-0.39, 0.29) is 5.91 Å². The van der Waals surface area contributed by atoms with Gasteiger partial charge in [0.1, 0.15) is 11.6 Å². The van der Waals surface area contributed by atoms with Crippen LogP contribution in [0, 0.1) is 0 Å². The Hall–Kier alpha value is -3.78. The molecule has 0 bridgehead atoms. The van der Waals surface area contributed by atoms with E-state index in [1.807, 2.05) is 31.3 Å². The van der Waals surface area contributed by atoms with Crippen LogP contribution in [0.5, 0.6) is 5.75 Å². The van der Waals surface area contributed by atoms with Crippen LogP contribution in [0.15, 0.2) is 60.9 Å². The van der Waals surface area contributed by atoms with Gasteiger partial charge >= 0.3 is 0 Å². The number of nitrogens with two attached hydrogens (primary N) is 1. The van der Waals surface area contributed by atoms with Gasteiger partial charge in [-0.25, -0.2) is 9.37 Å². The van der Waals surface area contributed by atoms with Gasteiger partial charge in [-0.05, 0) is 47.3 Å². The fourth-order valence-electron chi connectivity index (χ4n) is 3.38. The molecule has 0 aliphatic rings. The van der Waals surface area contributed by atoms with Gasteiger partial charge < -0.3 is 15.8 Å². The van der Waals surface area contributed by atoms with Crippen molar-refractivity contribution in [1.29, 1.82) is 0 Å². The number of fused-ring (bicyclic) bond motifs is 1. The van der Waals surface area contributed by atoms with Crippen LogP contribution in [0.3, 0.4) is 0 Å². The summed E-state index contributed by atoms with van der Waals surface area (Å²) < 4.78 is 19.6. The number of hydrogen-bond donors (Lipinski definition) is 2. The van der Waals surface area contributed by atoms with Crippen molar-refractivity contribution in [2.75, 3.05) is 5.32 Å². The lowest BCUT2D eigenvalue weighted by atomic mass is 10.0. The number of amides is 1. The Kier molecular flexibility index (Phi) is 5.64. The molecule has 0 aliphatic heterocycles. The summed E-state index contributed by atoms with van der Waals surface area (Å²) in [6.45, 7) is 1.68. The average Bonchev–Trinajstić information content (AvgIpc) is 3.13. The minimum Gasteiger partial charge on any atom is -0.461 e. The van der Waals surface area contributed by atoms with E-state index in [9.17, 15) is 9.18 Å². The minimum absolute atomic E-state index is 0.319. The number of hydrogen-bond acceptors (Lipinski definition) is 5. The van der Waals surface area contributed by atoms with E-state index < -0.39 is 6.36 Å². The molecule has 0 saturated carbocycles. The highest BCUT2D eigenvalue weighted by atomic mass is 19.1. The first-order chi connectivity index (χ1) is 14.9. The normalized spacial score (nSPS) is 12.0. The predicted octanol–water partition coefficient (Wildman–Crippen LogP) is 4.04. The lowest BCUT2D eigenvalue weighted by molar-refractivity contribution is 0.0860. The van der Waals surface area contributed by atoms with E-state index in [2.05, 4.69) is 15.4 Å². The summed E-state index contributed by atoms with van der Waals surface area (Å²) >= 11 is 0. The topological polar surface area (TPSA) is 95.1 Å². The monoisotopic (exact) mass is 419 g/mol. The molecular weight excluding hydrogens is 397 g/mol. The number of benzene rings is 2. The molecular formula is C23H22FN5O2. The standard InChI is InChI=1S/C23H22FN5O2/c1-14(24)31-19-7-5-15(6-8-19)23(30)28-22-10-18-9-16(3-4-17(18)12-26-22)20-13-27-29(2)21(20)11-25/h3-10,12-14H,11,25H2,1-2H3,(H,26,28,30). The molecule has 8 heteroatoms. The van der Waals surface area contributed by atoms with Crippen LogP contribution in [-0.4, -0.2) is 27.0 Å². The fraction of sp³-hybridized carbons (Fsp3) is 0.174. The third kappa shape index (κ3) is 4.39. The zero-order valence-corrected chi connectivity index (χ0v) is 17.2. The van der Waals surface area contributed by atoms with Gasteiger partial charge in [0, 0.05) is 43.2 Å². The number of pyridine rings is 1. The second-order valence-corrected chi connectivity index (χ2v) is 7.10. The molecule has 158 valence electrons. The molecule has 4 rings (SSSR count). The van der Waals surface area contributed by atoms with Gasteiger partial charge in [0.2, 0.25) is 6.36 Å². The van der Waals surface area contributed by atoms with Crippen LogP contribution in [-0.2, 0) is 13.6 Å². The number of nitrogens with zero attached hydrogens (tertiary/aromatic N) is 3. The van der Waals surface area contributed by atoms with Crippen LogP contribution in [0.25, 0.3) is 21.9 Å². The van der Waals surface area contributed by atoms with Crippen molar-refractivity contribution in [2.45, 2.75) is 19.8 Å². The van der Waals surface area contributed by atoms with Crippen molar-refractivity contribution < 1.29 is 13.9 Å². The van der Waals surface area contributed by atoms with Gasteiger partial charge in [-0.3, -0.25) is 9.48 Å². The van der Waals surface area contributed by atoms with E-state index in [0.29, 0.717) is 23.7 Å². The molecule has 0 fully saturated rings. The number of halogens is 1. The van der Waals surface area contributed by atoms with Gasteiger partial charge in [-0.2, -0.15) is 5.10 Å². The van der Waals surface area contributed by atoms with Crippen molar-refractivity contribution >= 4 is 22.5 Å². The predicted molar refractivity (Wildman–Crippen MR) is 117 cm³/mol. The Morgan fingerprint density at radius 2 is 1.94 bits per heavy atom. The highest BCUT2D eigenvalue weighted by molar-refractivity contribution is 6.04. The molecule has 0 spiro atoms. The minimum atomic E-state index is -1.42. The van der Waals surface area contributed by atoms with Crippen molar-refractivity contribution in [2.24, 2.45) is 12.8 Å². The molecule has 1 atom stereocenters. The maximum absolute atomic E-state index is 12.9. The molecule has 2 heterocycles. The summed E-state index contributed by atoms with van der Waals surface area (Å²) in [7, 11) is 1.86. The number of alkyl halides is 1. The number of rotatable bonds is 6. The Morgan fingerprint density at radius 3 is 2.65 bits per heavy atom. The Bertz CT molecular complexity index is 1230. The molecule has 7 nitrogen and oxygen atoms in total. The molecule has 31 heavy (non-hydrogen) atoms. The Morgan fingerprint density at radius 1 is 1.16 bits per heavy atom. The summed E-state index contributed by atoms with van der Waals surface area (Å²) in [6, 6.07) is 14.1. The van der Waals surface area contributed by atoms with E-state index in [4.69, 9.17) is 10.5 Å². The van der Waals surface area contributed by atoms with Crippen molar-refractivity contribution in [3.05, 3.63) is 72.2 Å². The summed E-state index contributed by atoms with van der Waals surface area (Å²) in [5.41, 5.74) is 9.18. The molecule has 0 aliphatic carbocycles. The number of carbonyl (C=O) groups is 1. The molecule has 1 amide bonds. The number of nitrogens with one attached hydrogen (secondary N) is 1. The highest BCUT2D eigenvalue weighted by Crippen LogP contribution is 2.28. The fourth-order valence-corrected chi connectivity index (χ4v) is 3.38. The first-order valence-corrected chi connectivity index (χ1v) is 9.78. The Balaban J connectivity index is 1.57. The number of carbonyl (C=O) groups excluding carboxylic acids is 1. The van der Waals surface area contributed by atoms with E-state index in [1.54, 1.807) is 41.3 Å². The first kappa shape index (κ1) is 20.5. The molecule has 0 radical (unpaired) electrons. The summed E-state index contributed by atoms with van der Waals surface area (Å²) in [5.74, 6) is 0.466. The molecule has 0 saturated heterocycles. The van der Waals surface area contributed by atoms with E-state index in [1.165, 1.54) is 6.92 Å². The van der Waals surface area contributed by atoms with Gasteiger partial charge in [0.05, 0.1) is 11.9 Å². The summed E-state index contributed by atoms with van der Waals surface area (Å²) in [5, 5.41) is 8.96. The molecule has 1 unspecified atom stereocenters. The van der Waals surface area contributed by atoms with Crippen LogP contribution < -0.4 is 15.8 Å². The highest BCUT2D eigenvalue weighted by Gasteiger charge is 2.12. The zero-order chi connectivity index (χ0) is 22.0. The van der Waals surface area contributed by atoms with Crippen LogP contribution in [0.1, 0.15) is 23.0 Å². The number of aromatic nitrogens is 3. The lowest BCUT2D eigenvalue weighted by Crippen LogP contribution is -2.13. The van der Waals surface area contributed by atoms with Gasteiger partial charge in [-0.15, -0.1) is 0 Å². The summed E-state index contributed by atoms with van der Waals surface area (Å²) in [6.07, 6.45) is 2.09. The number of ether oxygens (including phenoxy) is 1. The zero-order valence-electron chi connectivity index (χ0n) is 17.2. The van der Waals surface area contributed by atoms with E-state index >= 15 is 0 Å². The first-order valence-electron chi connectivity index (χ1n) is 9.78.